The van der Waals surface area contributed by atoms with Gasteiger partial charge in [0.2, 0.25) is 0 Å². The molecule has 1 aliphatic rings. The minimum atomic E-state index is -3.44. The van der Waals surface area contributed by atoms with E-state index < -0.39 is 9.84 Å². The summed E-state index contributed by atoms with van der Waals surface area (Å²) < 4.78 is 36.1. The van der Waals surface area contributed by atoms with Crippen molar-refractivity contribution in [2.75, 3.05) is 26.0 Å². The highest BCUT2D eigenvalue weighted by atomic mass is 32.2. The topological polar surface area (TPSA) is 72.9 Å². The molecule has 0 unspecified atom stereocenters. The maximum Gasteiger partial charge on any atom is 0.260 e. The number of sulfone groups is 1. The van der Waals surface area contributed by atoms with Crippen molar-refractivity contribution in [1.82, 2.24) is 4.90 Å². The highest BCUT2D eigenvalue weighted by molar-refractivity contribution is 7.91. The van der Waals surface area contributed by atoms with Crippen LogP contribution in [0.5, 0.6) is 11.5 Å². The lowest BCUT2D eigenvalue weighted by Gasteiger charge is -2.25. The van der Waals surface area contributed by atoms with E-state index in [4.69, 9.17) is 9.47 Å². The monoisotopic (exact) mass is 389 g/mol. The van der Waals surface area contributed by atoms with Gasteiger partial charge in [-0.05, 0) is 37.1 Å². The van der Waals surface area contributed by atoms with Crippen LogP contribution in [0.25, 0.3) is 0 Å². The summed E-state index contributed by atoms with van der Waals surface area (Å²) in [5, 5.41) is 0. The quantitative estimate of drug-likeness (QED) is 0.728. The van der Waals surface area contributed by atoms with E-state index in [2.05, 4.69) is 0 Å². The van der Waals surface area contributed by atoms with Crippen LogP contribution in [0.3, 0.4) is 0 Å². The molecule has 144 valence electrons. The van der Waals surface area contributed by atoms with Gasteiger partial charge in [-0.1, -0.05) is 30.3 Å². The van der Waals surface area contributed by atoms with Gasteiger partial charge in [0.05, 0.1) is 17.8 Å². The maximum absolute atomic E-state index is 12.6. The number of amides is 1. The number of carbonyl (C=O) groups excluding carboxylic acids is 1. The second-order valence-corrected chi connectivity index (χ2v) is 8.45. The number of rotatable bonds is 7. The average Bonchev–Trinajstić information content (AvgIpc) is 3.14. The van der Waals surface area contributed by atoms with Gasteiger partial charge >= 0.3 is 0 Å². The summed E-state index contributed by atoms with van der Waals surface area (Å²) >= 11 is 0. The fourth-order valence-electron chi connectivity index (χ4n) is 3.28. The van der Waals surface area contributed by atoms with Gasteiger partial charge in [-0.25, -0.2) is 8.42 Å². The summed E-state index contributed by atoms with van der Waals surface area (Å²) in [4.78, 5) is 14.5. The van der Waals surface area contributed by atoms with Crippen LogP contribution in [0, 0.1) is 0 Å². The standard InChI is InChI=1S/C20H23NO5S/c1-25-18-11-5-6-12-19(18)26-14-20(22)21-13-7-8-16(21)15-27(23,24)17-9-3-2-4-10-17/h2-6,9-12,16H,7-8,13-15H2,1H3/t16-/m0/s1. The van der Waals surface area contributed by atoms with Crippen molar-refractivity contribution in [3.63, 3.8) is 0 Å². The van der Waals surface area contributed by atoms with Crippen LogP contribution in [-0.4, -0.2) is 51.3 Å². The summed E-state index contributed by atoms with van der Waals surface area (Å²) in [6.07, 6.45) is 1.46. The Balaban J connectivity index is 1.64. The Labute approximate surface area is 159 Å². The van der Waals surface area contributed by atoms with Crippen LogP contribution < -0.4 is 9.47 Å². The molecule has 1 fully saturated rings. The van der Waals surface area contributed by atoms with Crippen LogP contribution >= 0.6 is 0 Å². The van der Waals surface area contributed by atoms with Gasteiger partial charge in [0, 0.05) is 12.6 Å². The molecule has 1 heterocycles. The van der Waals surface area contributed by atoms with Gasteiger partial charge in [-0.15, -0.1) is 0 Å². The SMILES string of the molecule is COc1ccccc1OCC(=O)N1CCC[C@H]1CS(=O)(=O)c1ccccc1. The van der Waals surface area contributed by atoms with Crippen molar-refractivity contribution in [2.24, 2.45) is 0 Å². The van der Waals surface area contributed by atoms with E-state index in [0.717, 1.165) is 6.42 Å². The third-order valence-electron chi connectivity index (χ3n) is 4.63. The number of likely N-dealkylation sites (tertiary alicyclic amines) is 1. The first-order valence-electron chi connectivity index (χ1n) is 8.84. The van der Waals surface area contributed by atoms with Gasteiger partial charge in [0.1, 0.15) is 0 Å². The number of para-hydroxylation sites is 2. The lowest BCUT2D eigenvalue weighted by Crippen LogP contribution is -2.42. The van der Waals surface area contributed by atoms with Crippen LogP contribution in [0.1, 0.15) is 12.8 Å². The number of carbonyl (C=O) groups is 1. The number of hydrogen-bond donors (Lipinski definition) is 0. The number of hydrogen-bond acceptors (Lipinski definition) is 5. The van der Waals surface area contributed by atoms with Crippen molar-refractivity contribution >= 4 is 15.7 Å². The number of ether oxygens (including phenoxy) is 2. The van der Waals surface area contributed by atoms with E-state index in [1.165, 1.54) is 7.11 Å². The Morgan fingerprint density at radius 2 is 1.74 bits per heavy atom. The smallest absolute Gasteiger partial charge is 0.260 e. The molecule has 0 N–H and O–H groups in total. The Morgan fingerprint density at radius 3 is 2.44 bits per heavy atom. The Bertz CT molecular complexity index is 882. The first kappa shape index (κ1) is 19.2. The summed E-state index contributed by atoms with van der Waals surface area (Å²) in [6, 6.07) is 15.1. The third kappa shape index (κ3) is 4.60. The lowest BCUT2D eigenvalue weighted by molar-refractivity contribution is -0.133. The molecule has 0 spiro atoms. The molecule has 3 rings (SSSR count). The third-order valence-corrected chi connectivity index (χ3v) is 6.45. The molecule has 1 amide bonds. The minimum Gasteiger partial charge on any atom is -0.493 e. The number of nitrogens with zero attached hydrogens (tertiary/aromatic N) is 1. The van der Waals surface area contributed by atoms with Crippen molar-refractivity contribution in [3.8, 4) is 11.5 Å². The summed E-state index contributed by atoms with van der Waals surface area (Å²) in [6.45, 7) is 0.394. The average molecular weight is 389 g/mol. The van der Waals surface area contributed by atoms with E-state index in [0.29, 0.717) is 24.5 Å². The normalized spacial score (nSPS) is 16.9. The van der Waals surface area contributed by atoms with Crippen LogP contribution in [0.15, 0.2) is 59.5 Å². The Morgan fingerprint density at radius 1 is 1.07 bits per heavy atom. The molecule has 0 aromatic heterocycles. The van der Waals surface area contributed by atoms with Crippen LogP contribution in [0.2, 0.25) is 0 Å². The zero-order valence-electron chi connectivity index (χ0n) is 15.2. The van der Waals surface area contributed by atoms with Gasteiger partial charge < -0.3 is 14.4 Å². The molecule has 0 saturated carbocycles. The van der Waals surface area contributed by atoms with Gasteiger partial charge in [-0.2, -0.15) is 0 Å². The van der Waals surface area contributed by atoms with E-state index >= 15 is 0 Å². The molecule has 1 atom stereocenters. The molecule has 2 aromatic carbocycles. The van der Waals surface area contributed by atoms with Crippen LogP contribution in [-0.2, 0) is 14.6 Å². The first-order chi connectivity index (χ1) is 13.0. The van der Waals surface area contributed by atoms with E-state index in [9.17, 15) is 13.2 Å². The van der Waals surface area contributed by atoms with E-state index in [-0.39, 0.29) is 29.2 Å². The van der Waals surface area contributed by atoms with Gasteiger partial charge in [0.25, 0.3) is 5.91 Å². The predicted octanol–water partition coefficient (Wildman–Crippen LogP) is 2.54. The molecule has 0 bridgehead atoms. The van der Waals surface area contributed by atoms with E-state index in [1.807, 2.05) is 6.07 Å². The second-order valence-electron chi connectivity index (χ2n) is 6.42. The highest BCUT2D eigenvalue weighted by Crippen LogP contribution is 2.26. The molecule has 6 nitrogen and oxygen atoms in total. The second kappa shape index (κ2) is 8.43. The lowest BCUT2D eigenvalue weighted by atomic mass is 10.2. The fourth-order valence-corrected chi connectivity index (χ4v) is 4.89. The molecule has 2 aromatic rings. The molecule has 1 aliphatic heterocycles. The van der Waals surface area contributed by atoms with Crippen LogP contribution in [0.4, 0.5) is 0 Å². The summed E-state index contributed by atoms with van der Waals surface area (Å²) in [5.74, 6) is 0.750. The molecule has 0 aliphatic carbocycles. The van der Waals surface area contributed by atoms with Crippen molar-refractivity contribution in [1.29, 1.82) is 0 Å². The van der Waals surface area contributed by atoms with Gasteiger partial charge in [-0.3, -0.25) is 4.79 Å². The molecular weight excluding hydrogens is 366 g/mol. The minimum absolute atomic E-state index is 0.0720. The zero-order valence-corrected chi connectivity index (χ0v) is 16.0. The number of benzene rings is 2. The van der Waals surface area contributed by atoms with Crippen molar-refractivity contribution < 1.29 is 22.7 Å². The van der Waals surface area contributed by atoms with E-state index in [1.54, 1.807) is 53.4 Å². The van der Waals surface area contributed by atoms with Gasteiger partial charge in [0.15, 0.2) is 27.9 Å². The Hall–Kier alpha value is -2.54. The molecule has 27 heavy (non-hydrogen) atoms. The fraction of sp³-hybridized carbons (Fsp3) is 0.350. The predicted molar refractivity (Wildman–Crippen MR) is 102 cm³/mol. The molecule has 0 radical (unpaired) electrons. The van der Waals surface area contributed by atoms with Crippen molar-refractivity contribution in [2.45, 2.75) is 23.8 Å². The number of methoxy groups -OCH3 is 1. The molecular formula is C20H23NO5S. The molecule has 1 saturated heterocycles. The molecule has 7 heteroatoms. The largest absolute Gasteiger partial charge is 0.493 e. The summed E-state index contributed by atoms with van der Waals surface area (Å²) in [5.41, 5.74) is 0. The Kier molecular flexibility index (Phi) is 6.01. The van der Waals surface area contributed by atoms with Crippen molar-refractivity contribution in [3.05, 3.63) is 54.6 Å². The summed E-state index contributed by atoms with van der Waals surface area (Å²) in [7, 11) is -1.91. The highest BCUT2D eigenvalue weighted by Gasteiger charge is 2.33. The first-order valence-corrected chi connectivity index (χ1v) is 10.5. The maximum atomic E-state index is 12.6. The zero-order chi connectivity index (χ0) is 19.3.